The van der Waals surface area contributed by atoms with Gasteiger partial charge in [-0.1, -0.05) is 11.6 Å². The minimum atomic E-state index is -0.569. The Hall–Kier alpha value is -2.87. The Morgan fingerprint density at radius 3 is 3.18 bits per heavy atom. The molecule has 1 amide bonds. The Labute approximate surface area is 166 Å². The normalized spacial score (nSPS) is 17.7. The molecule has 0 aliphatic carbocycles. The van der Waals surface area contributed by atoms with Crippen LogP contribution in [-0.2, 0) is 30.7 Å². The second kappa shape index (κ2) is 6.94. The fourth-order valence-corrected chi connectivity index (χ4v) is 3.93. The third-order valence-corrected chi connectivity index (χ3v) is 5.36. The summed E-state index contributed by atoms with van der Waals surface area (Å²) in [6, 6.07) is 5.39. The lowest BCUT2D eigenvalue weighted by atomic mass is 10.1. The van der Waals surface area contributed by atoms with Crippen LogP contribution in [0.25, 0.3) is 0 Å². The van der Waals surface area contributed by atoms with Crippen LogP contribution in [0.2, 0.25) is 5.02 Å². The predicted molar refractivity (Wildman–Crippen MR) is 102 cm³/mol. The number of amides is 1. The van der Waals surface area contributed by atoms with Crippen LogP contribution in [0.3, 0.4) is 0 Å². The van der Waals surface area contributed by atoms with E-state index >= 15 is 0 Å². The second-order valence-electron chi connectivity index (χ2n) is 7.12. The van der Waals surface area contributed by atoms with Gasteiger partial charge in [0.25, 0.3) is 5.91 Å². The Morgan fingerprint density at radius 1 is 1.32 bits per heavy atom. The highest BCUT2D eigenvalue weighted by Gasteiger charge is 2.29. The predicted octanol–water partition coefficient (Wildman–Crippen LogP) is 2.45. The van der Waals surface area contributed by atoms with Crippen LogP contribution in [0, 0.1) is 0 Å². The van der Waals surface area contributed by atoms with Gasteiger partial charge in [0.2, 0.25) is 0 Å². The van der Waals surface area contributed by atoms with Gasteiger partial charge in [0.15, 0.2) is 11.9 Å². The van der Waals surface area contributed by atoms with Gasteiger partial charge < -0.3 is 14.6 Å². The number of ether oxygens (including phenoxy) is 1. The maximum Gasteiger partial charge on any atom is 0.265 e. The second-order valence-corrected chi connectivity index (χ2v) is 7.56. The summed E-state index contributed by atoms with van der Waals surface area (Å²) in [7, 11) is 0. The van der Waals surface area contributed by atoms with E-state index in [0.717, 1.165) is 43.0 Å². The van der Waals surface area contributed by atoms with Crippen molar-refractivity contribution in [3.63, 3.8) is 0 Å². The van der Waals surface area contributed by atoms with Crippen molar-refractivity contribution < 1.29 is 9.53 Å². The molecule has 9 heteroatoms. The van der Waals surface area contributed by atoms with Gasteiger partial charge in [-0.15, -0.1) is 10.2 Å². The molecular formula is C19H19ClN6O2. The molecule has 8 nitrogen and oxygen atoms in total. The van der Waals surface area contributed by atoms with Gasteiger partial charge in [0.1, 0.15) is 18.1 Å². The van der Waals surface area contributed by atoms with E-state index in [9.17, 15) is 4.79 Å². The Balaban J connectivity index is 1.23. The molecule has 0 radical (unpaired) electrons. The van der Waals surface area contributed by atoms with Crippen molar-refractivity contribution in [1.29, 1.82) is 0 Å². The summed E-state index contributed by atoms with van der Waals surface area (Å²) in [5.74, 6) is 2.44. The first-order chi connectivity index (χ1) is 13.7. The average Bonchev–Trinajstić information content (AvgIpc) is 3.41. The highest BCUT2D eigenvalue weighted by atomic mass is 35.5. The number of nitrogens with zero attached hydrogens (tertiary/aromatic N) is 5. The number of fused-ring (bicyclic) bond motifs is 2. The zero-order chi connectivity index (χ0) is 19.1. The molecule has 3 aromatic rings. The van der Waals surface area contributed by atoms with Crippen molar-refractivity contribution >= 4 is 23.2 Å². The summed E-state index contributed by atoms with van der Waals surface area (Å²) >= 11 is 6.01. The molecule has 28 heavy (non-hydrogen) atoms. The number of halogens is 1. The Morgan fingerprint density at radius 2 is 2.25 bits per heavy atom. The number of anilines is 1. The summed E-state index contributed by atoms with van der Waals surface area (Å²) in [6.07, 6.45) is 6.64. The topological polar surface area (TPSA) is 86.9 Å². The zero-order valence-corrected chi connectivity index (χ0v) is 15.9. The van der Waals surface area contributed by atoms with Crippen LogP contribution < -0.4 is 10.1 Å². The molecule has 4 heterocycles. The fraction of sp³-hybridized carbons (Fsp3) is 0.368. The fourth-order valence-electron chi connectivity index (χ4n) is 3.73. The van der Waals surface area contributed by atoms with Gasteiger partial charge in [0, 0.05) is 30.6 Å². The quantitative estimate of drug-likeness (QED) is 0.729. The number of aromatic nitrogens is 5. The maximum atomic E-state index is 12.6. The number of rotatable bonds is 4. The lowest BCUT2D eigenvalue weighted by molar-refractivity contribution is -0.122. The van der Waals surface area contributed by atoms with Crippen molar-refractivity contribution in [2.75, 3.05) is 5.32 Å². The number of nitrogens with one attached hydrogen (secondary N) is 1. The SMILES string of the molecule is O=C(Nc1cnn(Cc2nnc3n2CCCC3)c1)C1Cc2cc(Cl)ccc2O1. The first kappa shape index (κ1) is 17.2. The van der Waals surface area contributed by atoms with Gasteiger partial charge in [-0.25, -0.2) is 0 Å². The summed E-state index contributed by atoms with van der Waals surface area (Å²) in [6.45, 7) is 1.47. The van der Waals surface area contributed by atoms with E-state index in [-0.39, 0.29) is 5.91 Å². The van der Waals surface area contributed by atoms with Crippen molar-refractivity contribution in [2.45, 2.75) is 44.9 Å². The number of aryl methyl sites for hydroxylation is 1. The Bertz CT molecular complexity index is 1040. The standard InChI is InChI=1S/C19H19ClN6O2/c20-13-4-5-15-12(7-13)8-16(28-15)19(27)22-14-9-21-25(10-14)11-18-24-23-17-3-1-2-6-26(17)18/h4-5,7,9-10,16H,1-3,6,8,11H2,(H,22,27). The van der Waals surface area contributed by atoms with Gasteiger partial charge in [-0.3, -0.25) is 9.48 Å². The number of hydrogen-bond donors (Lipinski definition) is 1. The number of hydrogen-bond acceptors (Lipinski definition) is 5. The molecule has 5 rings (SSSR count). The Kier molecular flexibility index (Phi) is 4.27. The van der Waals surface area contributed by atoms with E-state index in [0.29, 0.717) is 29.4 Å². The van der Waals surface area contributed by atoms with E-state index in [2.05, 4.69) is 25.2 Å². The third-order valence-electron chi connectivity index (χ3n) is 5.13. The smallest absolute Gasteiger partial charge is 0.265 e. The number of carbonyl (C=O) groups excluding carboxylic acids is 1. The van der Waals surface area contributed by atoms with Gasteiger partial charge >= 0.3 is 0 Å². The van der Waals surface area contributed by atoms with Crippen LogP contribution in [0.4, 0.5) is 5.69 Å². The lowest BCUT2D eigenvalue weighted by Crippen LogP contribution is -2.31. The van der Waals surface area contributed by atoms with Crippen molar-refractivity contribution in [3.05, 3.63) is 52.8 Å². The molecular weight excluding hydrogens is 380 g/mol. The van der Waals surface area contributed by atoms with Crippen LogP contribution in [0.1, 0.15) is 30.1 Å². The van der Waals surface area contributed by atoms with E-state index in [1.54, 1.807) is 29.2 Å². The summed E-state index contributed by atoms with van der Waals surface area (Å²) < 4.78 is 9.65. The third kappa shape index (κ3) is 3.24. The number of carbonyl (C=O) groups is 1. The average molecular weight is 399 g/mol. The molecule has 2 aliphatic rings. The van der Waals surface area contributed by atoms with Crippen molar-refractivity contribution in [2.24, 2.45) is 0 Å². The first-order valence-electron chi connectivity index (χ1n) is 9.35. The summed E-state index contributed by atoms with van der Waals surface area (Å²) in [5.41, 5.74) is 1.57. The van der Waals surface area contributed by atoms with Crippen LogP contribution in [-0.4, -0.2) is 36.6 Å². The largest absolute Gasteiger partial charge is 0.480 e. The molecule has 2 aliphatic heterocycles. The van der Waals surface area contributed by atoms with Crippen LogP contribution >= 0.6 is 11.6 Å². The van der Waals surface area contributed by atoms with Gasteiger partial charge in [0.05, 0.1) is 11.9 Å². The highest BCUT2D eigenvalue weighted by molar-refractivity contribution is 6.30. The molecule has 0 bridgehead atoms. The summed E-state index contributed by atoms with van der Waals surface area (Å²) in [4.78, 5) is 12.6. The molecule has 1 unspecified atom stereocenters. The minimum absolute atomic E-state index is 0.202. The van der Waals surface area contributed by atoms with Crippen LogP contribution in [0.5, 0.6) is 5.75 Å². The molecule has 0 saturated heterocycles. The van der Waals surface area contributed by atoms with E-state index in [4.69, 9.17) is 16.3 Å². The maximum absolute atomic E-state index is 12.6. The number of benzene rings is 1. The molecule has 0 saturated carbocycles. The first-order valence-corrected chi connectivity index (χ1v) is 9.73. The molecule has 0 fully saturated rings. The minimum Gasteiger partial charge on any atom is -0.480 e. The lowest BCUT2D eigenvalue weighted by Gasteiger charge is -2.14. The highest BCUT2D eigenvalue weighted by Crippen LogP contribution is 2.31. The van der Waals surface area contributed by atoms with Gasteiger partial charge in [-0.05, 0) is 36.6 Å². The molecule has 0 spiro atoms. The molecule has 1 N–H and O–H groups in total. The molecule has 144 valence electrons. The van der Waals surface area contributed by atoms with Crippen molar-refractivity contribution in [3.8, 4) is 5.75 Å². The van der Waals surface area contributed by atoms with Gasteiger partial charge in [-0.2, -0.15) is 5.10 Å². The monoisotopic (exact) mass is 398 g/mol. The zero-order valence-electron chi connectivity index (χ0n) is 15.1. The molecule has 1 aromatic carbocycles. The van der Waals surface area contributed by atoms with Crippen LogP contribution in [0.15, 0.2) is 30.6 Å². The summed E-state index contributed by atoms with van der Waals surface area (Å²) in [5, 5.41) is 16.4. The van der Waals surface area contributed by atoms with Crippen molar-refractivity contribution in [1.82, 2.24) is 24.5 Å². The van der Waals surface area contributed by atoms with E-state index in [1.165, 1.54) is 0 Å². The van der Waals surface area contributed by atoms with E-state index < -0.39 is 6.10 Å². The molecule has 2 aromatic heterocycles. The molecule has 1 atom stereocenters. The van der Waals surface area contributed by atoms with E-state index in [1.807, 2.05) is 6.07 Å².